The van der Waals surface area contributed by atoms with Gasteiger partial charge in [-0.05, 0) is 42.7 Å². The first-order valence-corrected chi connectivity index (χ1v) is 9.16. The maximum Gasteiger partial charge on any atom is 0.429 e. The van der Waals surface area contributed by atoms with Crippen molar-refractivity contribution in [3.8, 4) is 0 Å². The molecule has 1 aromatic carbocycles. The number of sulfonamides is 1. The topological polar surface area (TPSA) is 84.9 Å². The Morgan fingerprint density at radius 3 is 2.48 bits per heavy atom. The first-order valence-electron chi connectivity index (χ1n) is 7.67. The van der Waals surface area contributed by atoms with Crippen LogP contribution in [0.3, 0.4) is 0 Å². The predicted molar refractivity (Wildman–Crippen MR) is 82.0 cm³/mol. The number of ether oxygens (including phenoxy) is 1. The third kappa shape index (κ3) is 3.65. The average Bonchev–Trinajstić information content (AvgIpc) is 3.02. The van der Waals surface area contributed by atoms with Crippen LogP contribution < -0.4 is 4.89 Å². The molecule has 0 aliphatic carbocycles. The van der Waals surface area contributed by atoms with E-state index in [1.807, 2.05) is 4.89 Å². The van der Waals surface area contributed by atoms with Gasteiger partial charge in [0.2, 0.25) is 0 Å². The Balaban J connectivity index is 1.52. The standard InChI is InChI=1S/C15H20N2O5S/c18-14(17-10-8-15(9-11-17)7-4-12-21-15)22-16-23(19,20)13-5-2-1-3-6-13/h1-3,5-6,16H,4,7-12H2. The number of piperidine rings is 1. The van der Waals surface area contributed by atoms with Crippen molar-refractivity contribution in [1.82, 2.24) is 9.79 Å². The van der Waals surface area contributed by atoms with Crippen molar-refractivity contribution in [3.05, 3.63) is 30.3 Å². The van der Waals surface area contributed by atoms with Crippen molar-refractivity contribution < 1.29 is 22.8 Å². The Labute approximate surface area is 135 Å². The van der Waals surface area contributed by atoms with Crippen LogP contribution in [0.1, 0.15) is 25.7 Å². The van der Waals surface area contributed by atoms with Crippen molar-refractivity contribution >= 4 is 16.1 Å². The monoisotopic (exact) mass is 340 g/mol. The van der Waals surface area contributed by atoms with E-state index in [0.717, 1.165) is 32.3 Å². The molecule has 2 aliphatic rings. The van der Waals surface area contributed by atoms with Gasteiger partial charge in [-0.2, -0.15) is 0 Å². The number of benzene rings is 1. The summed E-state index contributed by atoms with van der Waals surface area (Å²) in [5.41, 5.74) is -0.0969. The van der Waals surface area contributed by atoms with Gasteiger partial charge in [-0.3, -0.25) is 0 Å². The Morgan fingerprint density at radius 1 is 1.17 bits per heavy atom. The molecule has 0 radical (unpaired) electrons. The molecular formula is C15H20N2O5S. The van der Waals surface area contributed by atoms with E-state index in [1.54, 1.807) is 18.2 Å². The molecule has 23 heavy (non-hydrogen) atoms. The van der Waals surface area contributed by atoms with E-state index in [-0.39, 0.29) is 10.5 Å². The third-order valence-electron chi connectivity index (χ3n) is 4.41. The summed E-state index contributed by atoms with van der Waals surface area (Å²) >= 11 is 0. The van der Waals surface area contributed by atoms with E-state index in [4.69, 9.17) is 9.57 Å². The Morgan fingerprint density at radius 2 is 1.87 bits per heavy atom. The van der Waals surface area contributed by atoms with Gasteiger partial charge in [0, 0.05) is 19.7 Å². The highest BCUT2D eigenvalue weighted by Crippen LogP contribution is 2.35. The zero-order valence-electron chi connectivity index (χ0n) is 12.7. The molecule has 2 aliphatic heterocycles. The molecule has 2 saturated heterocycles. The van der Waals surface area contributed by atoms with Gasteiger partial charge in [0.05, 0.1) is 10.5 Å². The quantitative estimate of drug-likeness (QED) is 0.846. The maximum atomic E-state index is 12.0. The lowest BCUT2D eigenvalue weighted by atomic mass is 9.89. The minimum atomic E-state index is -3.86. The normalized spacial score (nSPS) is 20.6. The summed E-state index contributed by atoms with van der Waals surface area (Å²) in [6.45, 7) is 1.79. The van der Waals surface area contributed by atoms with E-state index >= 15 is 0 Å². The van der Waals surface area contributed by atoms with Gasteiger partial charge >= 0.3 is 6.09 Å². The second-order valence-electron chi connectivity index (χ2n) is 5.89. The molecule has 3 rings (SSSR count). The third-order valence-corrected chi connectivity index (χ3v) is 5.61. The number of carbonyl (C=O) groups is 1. The van der Waals surface area contributed by atoms with Crippen LogP contribution >= 0.6 is 0 Å². The van der Waals surface area contributed by atoms with Crippen molar-refractivity contribution in [2.75, 3.05) is 19.7 Å². The number of nitrogens with zero attached hydrogens (tertiary/aromatic N) is 1. The molecule has 0 atom stereocenters. The fraction of sp³-hybridized carbons (Fsp3) is 0.533. The number of hydrogen-bond donors (Lipinski definition) is 1. The summed E-state index contributed by atoms with van der Waals surface area (Å²) in [7, 11) is -3.86. The summed E-state index contributed by atoms with van der Waals surface area (Å²) in [4.78, 5) is 20.2. The van der Waals surface area contributed by atoms with Crippen molar-refractivity contribution in [1.29, 1.82) is 0 Å². The molecule has 1 spiro atoms. The molecule has 0 saturated carbocycles. The summed E-state index contributed by atoms with van der Waals surface area (Å²) in [6.07, 6.45) is 2.91. The molecule has 1 aromatic rings. The van der Waals surface area contributed by atoms with Gasteiger partial charge < -0.3 is 14.5 Å². The summed E-state index contributed by atoms with van der Waals surface area (Å²) in [5.74, 6) is 0. The van der Waals surface area contributed by atoms with Crippen LogP contribution in [0.4, 0.5) is 4.79 Å². The smallest absolute Gasteiger partial charge is 0.375 e. The highest BCUT2D eigenvalue weighted by molar-refractivity contribution is 7.89. The first kappa shape index (κ1) is 16.2. The lowest BCUT2D eigenvalue weighted by Crippen LogP contribution is -2.47. The Kier molecular flexibility index (Phi) is 4.56. The second kappa shape index (κ2) is 6.46. The highest BCUT2D eigenvalue weighted by Gasteiger charge is 2.39. The number of likely N-dealkylation sites (tertiary alicyclic amines) is 1. The molecule has 0 unspecified atom stereocenters. The summed E-state index contributed by atoms with van der Waals surface area (Å²) < 4.78 is 29.8. The summed E-state index contributed by atoms with van der Waals surface area (Å²) in [5, 5.41) is 0. The van der Waals surface area contributed by atoms with Gasteiger partial charge in [0.1, 0.15) is 0 Å². The van der Waals surface area contributed by atoms with Crippen LogP contribution in [0, 0.1) is 0 Å². The van der Waals surface area contributed by atoms with Crippen LogP contribution in [0.25, 0.3) is 0 Å². The van der Waals surface area contributed by atoms with Crippen molar-refractivity contribution in [2.45, 2.75) is 36.2 Å². The van der Waals surface area contributed by atoms with E-state index in [0.29, 0.717) is 13.1 Å². The molecular weight excluding hydrogens is 320 g/mol. The molecule has 0 bridgehead atoms. The number of rotatable bonds is 3. The van der Waals surface area contributed by atoms with Gasteiger partial charge in [-0.1, -0.05) is 18.2 Å². The fourth-order valence-electron chi connectivity index (χ4n) is 3.05. The van der Waals surface area contributed by atoms with E-state index in [1.165, 1.54) is 17.0 Å². The molecule has 0 aromatic heterocycles. The van der Waals surface area contributed by atoms with Crippen molar-refractivity contribution in [3.63, 3.8) is 0 Å². The Bertz CT molecular complexity index is 646. The van der Waals surface area contributed by atoms with Crippen molar-refractivity contribution in [2.24, 2.45) is 0 Å². The number of carbonyl (C=O) groups excluding carboxylic acids is 1. The SMILES string of the molecule is O=C(ONS(=O)(=O)c1ccccc1)N1CCC2(CCCO2)CC1. The van der Waals surface area contributed by atoms with Gasteiger partial charge in [-0.25, -0.2) is 13.2 Å². The van der Waals surface area contributed by atoms with Crippen LogP contribution in [-0.4, -0.2) is 44.7 Å². The first-order chi connectivity index (χ1) is 11.0. The highest BCUT2D eigenvalue weighted by atomic mass is 32.2. The summed E-state index contributed by atoms with van der Waals surface area (Å²) in [6, 6.07) is 7.76. The number of nitrogens with one attached hydrogen (secondary N) is 1. The molecule has 2 heterocycles. The Hall–Kier alpha value is -1.64. The zero-order valence-corrected chi connectivity index (χ0v) is 13.5. The van der Waals surface area contributed by atoms with E-state index in [9.17, 15) is 13.2 Å². The fourth-order valence-corrected chi connectivity index (χ4v) is 3.84. The minimum Gasteiger partial charge on any atom is -0.375 e. The van der Waals surface area contributed by atoms with Crippen LogP contribution in [0.5, 0.6) is 0 Å². The number of hydrogen-bond acceptors (Lipinski definition) is 5. The van der Waals surface area contributed by atoms with E-state index < -0.39 is 16.1 Å². The second-order valence-corrected chi connectivity index (χ2v) is 7.53. The van der Waals surface area contributed by atoms with Crippen LogP contribution in [0.15, 0.2) is 35.2 Å². The lowest BCUT2D eigenvalue weighted by molar-refractivity contribution is -0.0430. The van der Waals surface area contributed by atoms with E-state index in [2.05, 4.69) is 0 Å². The molecule has 2 fully saturated rings. The maximum absolute atomic E-state index is 12.0. The minimum absolute atomic E-state index is 0.0461. The average molecular weight is 340 g/mol. The van der Waals surface area contributed by atoms with Gasteiger partial charge in [-0.15, -0.1) is 0 Å². The number of amides is 1. The van der Waals surface area contributed by atoms with Gasteiger partial charge in [0.15, 0.2) is 0 Å². The van der Waals surface area contributed by atoms with Gasteiger partial charge in [0.25, 0.3) is 10.0 Å². The molecule has 1 N–H and O–H groups in total. The molecule has 8 heteroatoms. The molecule has 7 nitrogen and oxygen atoms in total. The largest absolute Gasteiger partial charge is 0.429 e. The molecule has 1 amide bonds. The predicted octanol–water partition coefficient (Wildman–Crippen LogP) is 1.66. The van der Waals surface area contributed by atoms with Crippen LogP contribution in [0.2, 0.25) is 0 Å². The lowest BCUT2D eigenvalue weighted by Gasteiger charge is -2.37. The zero-order chi connectivity index (χ0) is 16.3. The van der Waals surface area contributed by atoms with Crippen LogP contribution in [-0.2, 0) is 19.6 Å². The molecule has 126 valence electrons.